The minimum atomic E-state index is 1.55. The van der Waals surface area contributed by atoms with Gasteiger partial charge in [-0.15, -0.1) is 0 Å². The lowest BCUT2D eigenvalue weighted by Gasteiger charge is -1.61. The Bertz CT molecular complexity index is 151. The highest BCUT2D eigenvalue weighted by molar-refractivity contribution is 5.23. The summed E-state index contributed by atoms with van der Waals surface area (Å²) in [7, 11) is 0. The monoisotopic (exact) mass is 104 g/mol. The third-order valence-corrected chi connectivity index (χ3v) is 0.501. The molecule has 0 aliphatic carbocycles. The molecule has 0 aromatic rings. The molecule has 0 rings (SSSR count). The van der Waals surface area contributed by atoms with Crippen LogP contribution in [0.4, 0.5) is 0 Å². The van der Waals surface area contributed by atoms with Gasteiger partial charge in [-0.1, -0.05) is 37.2 Å². The molecule has 0 saturated carbocycles. The van der Waals surface area contributed by atoms with Crippen molar-refractivity contribution >= 4 is 0 Å². The fraction of sp³-hybridized carbons (Fsp3) is 0. The Balaban J connectivity index is 3.56. The summed E-state index contributed by atoms with van der Waals surface area (Å²) in [6.07, 6.45) is 6.72. The molecule has 0 fully saturated rings. The topological polar surface area (TPSA) is 0 Å². The molecule has 0 atom stereocenters. The molecule has 0 aliphatic rings. The number of allylic oxidation sites excluding steroid dienone is 4. The molecule has 0 spiro atoms. The summed E-state index contributed by atoms with van der Waals surface area (Å²) >= 11 is 0. The summed E-state index contributed by atoms with van der Waals surface area (Å²) in [5.74, 6) is 5.38. The lowest BCUT2D eigenvalue weighted by molar-refractivity contribution is 2.03. The molecule has 0 radical (unpaired) electrons. The number of hydrogen-bond donors (Lipinski definition) is 0. The molecular formula is C8H8. The molecule has 40 valence electrons. The van der Waals surface area contributed by atoms with E-state index in [1.807, 2.05) is 0 Å². The molecule has 0 unspecified atom stereocenters. The molecule has 8 heavy (non-hydrogen) atoms. The van der Waals surface area contributed by atoms with Crippen LogP contribution in [0.15, 0.2) is 37.5 Å². The van der Waals surface area contributed by atoms with Gasteiger partial charge in [0.25, 0.3) is 0 Å². The van der Waals surface area contributed by atoms with Crippen LogP contribution in [0.25, 0.3) is 0 Å². The summed E-state index contributed by atoms with van der Waals surface area (Å²) in [5.41, 5.74) is 0. The molecule has 0 nitrogen and oxygen atoms in total. The van der Waals surface area contributed by atoms with Crippen molar-refractivity contribution in [3.63, 3.8) is 0 Å². The Hall–Kier alpha value is -1.22. The maximum absolute atomic E-state index is 3.48. The SMILES string of the molecule is C=CC#CC=CC=C. The molecule has 0 heterocycles. The lowest BCUT2D eigenvalue weighted by Crippen LogP contribution is -1.46. The molecule has 0 N–H and O–H groups in total. The second-order valence-electron chi connectivity index (χ2n) is 1.09. The summed E-state index contributed by atoms with van der Waals surface area (Å²) in [5, 5.41) is 0. The fourth-order valence-electron chi connectivity index (χ4n) is 0.223. The molecular weight excluding hydrogens is 96.1 g/mol. The van der Waals surface area contributed by atoms with Crippen LogP contribution in [-0.4, -0.2) is 0 Å². The van der Waals surface area contributed by atoms with E-state index in [1.165, 1.54) is 0 Å². The van der Waals surface area contributed by atoms with Crippen molar-refractivity contribution in [1.29, 1.82) is 0 Å². The molecule has 0 aliphatic heterocycles. The minimum Gasteiger partial charge on any atom is -0.0990 e. The Morgan fingerprint density at radius 1 is 1.12 bits per heavy atom. The zero-order valence-electron chi connectivity index (χ0n) is 4.72. The van der Waals surface area contributed by atoms with E-state index in [1.54, 1.807) is 24.3 Å². The van der Waals surface area contributed by atoms with Gasteiger partial charge >= 0.3 is 0 Å². The van der Waals surface area contributed by atoms with Crippen LogP contribution in [0.5, 0.6) is 0 Å². The van der Waals surface area contributed by atoms with Gasteiger partial charge in [-0.3, -0.25) is 0 Å². The van der Waals surface area contributed by atoms with Crippen LogP contribution in [0, 0.1) is 11.8 Å². The lowest BCUT2D eigenvalue weighted by atomic mass is 10.5. The molecule has 0 aromatic carbocycles. The van der Waals surface area contributed by atoms with Crippen molar-refractivity contribution < 1.29 is 0 Å². The van der Waals surface area contributed by atoms with E-state index in [2.05, 4.69) is 25.0 Å². The highest BCUT2D eigenvalue weighted by Crippen LogP contribution is 1.68. The molecule has 0 saturated heterocycles. The van der Waals surface area contributed by atoms with Crippen molar-refractivity contribution in [2.45, 2.75) is 0 Å². The summed E-state index contributed by atoms with van der Waals surface area (Å²) < 4.78 is 0. The second kappa shape index (κ2) is 5.78. The van der Waals surface area contributed by atoms with Crippen molar-refractivity contribution in [3.05, 3.63) is 37.5 Å². The van der Waals surface area contributed by atoms with Gasteiger partial charge in [0.15, 0.2) is 0 Å². The Kier molecular flexibility index (Phi) is 4.90. The van der Waals surface area contributed by atoms with Crippen molar-refractivity contribution in [3.8, 4) is 11.8 Å². The Labute approximate surface area is 50.2 Å². The van der Waals surface area contributed by atoms with Gasteiger partial charge in [0.1, 0.15) is 0 Å². The van der Waals surface area contributed by atoms with E-state index < -0.39 is 0 Å². The first-order valence-corrected chi connectivity index (χ1v) is 2.31. The standard InChI is InChI=1S/C8H8/c1-3-5-7-8-6-4-2/h3-5,7H,1-2H2. The Morgan fingerprint density at radius 2 is 1.88 bits per heavy atom. The van der Waals surface area contributed by atoms with Gasteiger partial charge in [-0.05, 0) is 12.2 Å². The van der Waals surface area contributed by atoms with Crippen molar-refractivity contribution in [2.24, 2.45) is 0 Å². The third-order valence-electron chi connectivity index (χ3n) is 0.501. The normalized spacial score (nSPS) is 7.50. The first kappa shape index (κ1) is 6.78. The largest absolute Gasteiger partial charge is 0.0990 e. The highest BCUT2D eigenvalue weighted by atomic mass is 13.6. The quantitative estimate of drug-likeness (QED) is 0.352. The second-order valence-corrected chi connectivity index (χ2v) is 1.09. The zero-order chi connectivity index (χ0) is 6.24. The summed E-state index contributed by atoms with van der Waals surface area (Å²) in [6, 6.07) is 0. The van der Waals surface area contributed by atoms with Crippen LogP contribution in [0.2, 0.25) is 0 Å². The minimum absolute atomic E-state index is 1.55. The average molecular weight is 104 g/mol. The van der Waals surface area contributed by atoms with E-state index in [0.29, 0.717) is 0 Å². The van der Waals surface area contributed by atoms with E-state index in [-0.39, 0.29) is 0 Å². The van der Waals surface area contributed by atoms with Crippen LogP contribution in [0.1, 0.15) is 0 Å². The fourth-order valence-corrected chi connectivity index (χ4v) is 0.223. The summed E-state index contributed by atoms with van der Waals surface area (Å²) in [4.78, 5) is 0. The smallest absolute Gasteiger partial charge is 0.0116 e. The van der Waals surface area contributed by atoms with Gasteiger partial charge in [0.2, 0.25) is 0 Å². The van der Waals surface area contributed by atoms with E-state index >= 15 is 0 Å². The van der Waals surface area contributed by atoms with Gasteiger partial charge in [0, 0.05) is 0 Å². The zero-order valence-corrected chi connectivity index (χ0v) is 4.72. The Morgan fingerprint density at radius 3 is 2.38 bits per heavy atom. The number of rotatable bonds is 1. The predicted octanol–water partition coefficient (Wildman–Crippen LogP) is 1.92. The number of hydrogen-bond acceptors (Lipinski definition) is 0. The van der Waals surface area contributed by atoms with Gasteiger partial charge in [0.05, 0.1) is 0 Å². The highest BCUT2D eigenvalue weighted by Gasteiger charge is 1.51. The van der Waals surface area contributed by atoms with Gasteiger partial charge in [-0.2, -0.15) is 0 Å². The molecule has 0 bridgehead atoms. The van der Waals surface area contributed by atoms with E-state index in [9.17, 15) is 0 Å². The predicted molar refractivity (Wildman–Crippen MR) is 37.3 cm³/mol. The van der Waals surface area contributed by atoms with Crippen LogP contribution in [0.3, 0.4) is 0 Å². The van der Waals surface area contributed by atoms with Crippen LogP contribution < -0.4 is 0 Å². The molecule has 0 amide bonds. The first-order chi connectivity index (χ1) is 3.91. The maximum atomic E-state index is 3.48. The van der Waals surface area contributed by atoms with Gasteiger partial charge < -0.3 is 0 Å². The van der Waals surface area contributed by atoms with Gasteiger partial charge in [-0.25, -0.2) is 0 Å². The average Bonchev–Trinajstić information content (AvgIpc) is 1.81. The van der Waals surface area contributed by atoms with Crippen molar-refractivity contribution in [2.75, 3.05) is 0 Å². The van der Waals surface area contributed by atoms with Crippen LogP contribution >= 0.6 is 0 Å². The molecule has 0 heteroatoms. The summed E-state index contributed by atoms with van der Waals surface area (Å²) in [6.45, 7) is 6.90. The maximum Gasteiger partial charge on any atom is -0.0116 e. The van der Waals surface area contributed by atoms with E-state index in [0.717, 1.165) is 0 Å². The van der Waals surface area contributed by atoms with Crippen molar-refractivity contribution in [1.82, 2.24) is 0 Å². The first-order valence-electron chi connectivity index (χ1n) is 2.31. The van der Waals surface area contributed by atoms with E-state index in [4.69, 9.17) is 0 Å². The van der Waals surface area contributed by atoms with Crippen LogP contribution in [-0.2, 0) is 0 Å². The molecule has 0 aromatic heterocycles. The third kappa shape index (κ3) is 4.78.